The monoisotopic (exact) mass is 275 g/mol. The standard InChI is InChI=1S/C13H13N3O4/c1-8-5-11(20-16-8)7-19-12(17)9-3-2-4-10(6-9)15-13(14)18/h2-6H,7H2,1H3,(H3,14,15,18). The smallest absolute Gasteiger partial charge is 0.338 e. The zero-order chi connectivity index (χ0) is 14.5. The molecule has 0 atom stereocenters. The van der Waals surface area contributed by atoms with Crippen molar-refractivity contribution in [3.8, 4) is 0 Å². The molecule has 1 aromatic heterocycles. The third-order valence-corrected chi connectivity index (χ3v) is 2.39. The second-order valence-electron chi connectivity index (χ2n) is 4.08. The molecule has 0 aliphatic heterocycles. The average molecular weight is 275 g/mol. The van der Waals surface area contributed by atoms with Crippen LogP contribution in [0.4, 0.5) is 10.5 Å². The van der Waals surface area contributed by atoms with E-state index in [2.05, 4.69) is 10.5 Å². The molecule has 2 aromatic rings. The largest absolute Gasteiger partial charge is 0.454 e. The number of nitrogens with zero attached hydrogens (tertiary/aromatic N) is 1. The van der Waals surface area contributed by atoms with Crippen LogP contribution in [0.25, 0.3) is 0 Å². The first kappa shape index (κ1) is 13.6. The summed E-state index contributed by atoms with van der Waals surface area (Å²) in [6.07, 6.45) is 0. The number of esters is 1. The highest BCUT2D eigenvalue weighted by Gasteiger charge is 2.10. The maximum atomic E-state index is 11.8. The number of urea groups is 1. The fraction of sp³-hybridized carbons (Fsp3) is 0.154. The molecular formula is C13H13N3O4. The highest BCUT2D eigenvalue weighted by molar-refractivity contribution is 5.93. The van der Waals surface area contributed by atoms with Gasteiger partial charge in [0.15, 0.2) is 12.4 Å². The fourth-order valence-electron chi connectivity index (χ4n) is 1.57. The number of hydrogen-bond donors (Lipinski definition) is 2. The SMILES string of the molecule is Cc1cc(COC(=O)c2cccc(NC(N)=O)c2)on1. The van der Waals surface area contributed by atoms with Crippen LogP contribution in [-0.2, 0) is 11.3 Å². The van der Waals surface area contributed by atoms with Crippen LogP contribution >= 0.6 is 0 Å². The number of benzene rings is 1. The Labute approximate surface area is 114 Å². The minimum Gasteiger partial charge on any atom is -0.454 e. The van der Waals surface area contributed by atoms with E-state index >= 15 is 0 Å². The number of aromatic nitrogens is 1. The van der Waals surface area contributed by atoms with Gasteiger partial charge in [-0.3, -0.25) is 0 Å². The van der Waals surface area contributed by atoms with Crippen molar-refractivity contribution >= 4 is 17.7 Å². The Bertz CT molecular complexity index is 636. The predicted molar refractivity (Wildman–Crippen MR) is 70.0 cm³/mol. The van der Waals surface area contributed by atoms with Gasteiger partial charge < -0.3 is 20.3 Å². The molecule has 0 saturated carbocycles. The molecule has 0 aliphatic rings. The molecule has 0 unspecified atom stereocenters. The van der Waals surface area contributed by atoms with Gasteiger partial charge in [-0.25, -0.2) is 9.59 Å². The lowest BCUT2D eigenvalue weighted by atomic mass is 10.2. The number of aryl methyl sites for hydroxylation is 1. The second kappa shape index (κ2) is 5.87. The molecule has 104 valence electrons. The van der Waals surface area contributed by atoms with Crippen LogP contribution in [0.1, 0.15) is 21.8 Å². The zero-order valence-electron chi connectivity index (χ0n) is 10.8. The lowest BCUT2D eigenvalue weighted by Gasteiger charge is -2.05. The topological polar surface area (TPSA) is 107 Å². The minimum atomic E-state index is -0.701. The highest BCUT2D eigenvalue weighted by Crippen LogP contribution is 2.13. The molecule has 0 radical (unpaired) electrons. The van der Waals surface area contributed by atoms with E-state index in [-0.39, 0.29) is 6.61 Å². The Kier molecular flexibility index (Phi) is 3.99. The van der Waals surface area contributed by atoms with Gasteiger partial charge in [0.1, 0.15) is 0 Å². The summed E-state index contributed by atoms with van der Waals surface area (Å²) < 4.78 is 10.00. The van der Waals surface area contributed by atoms with Crippen molar-refractivity contribution in [2.24, 2.45) is 5.73 Å². The summed E-state index contributed by atoms with van der Waals surface area (Å²) in [5, 5.41) is 6.07. The maximum absolute atomic E-state index is 11.8. The summed E-state index contributed by atoms with van der Waals surface area (Å²) in [7, 11) is 0. The number of rotatable bonds is 4. The Morgan fingerprint density at radius 3 is 2.85 bits per heavy atom. The lowest BCUT2D eigenvalue weighted by Crippen LogP contribution is -2.19. The van der Waals surface area contributed by atoms with Crippen molar-refractivity contribution in [1.82, 2.24) is 5.16 Å². The number of nitrogens with one attached hydrogen (secondary N) is 1. The molecule has 7 heteroatoms. The van der Waals surface area contributed by atoms with Crippen molar-refractivity contribution < 1.29 is 18.8 Å². The number of amides is 2. The summed E-state index contributed by atoms with van der Waals surface area (Å²) in [5.41, 5.74) is 6.43. The van der Waals surface area contributed by atoms with Crippen LogP contribution in [0.5, 0.6) is 0 Å². The molecule has 7 nitrogen and oxygen atoms in total. The zero-order valence-corrected chi connectivity index (χ0v) is 10.8. The summed E-state index contributed by atoms with van der Waals surface area (Å²) in [6.45, 7) is 1.76. The van der Waals surface area contributed by atoms with Gasteiger partial charge >= 0.3 is 12.0 Å². The van der Waals surface area contributed by atoms with Crippen LogP contribution in [-0.4, -0.2) is 17.2 Å². The molecule has 2 amide bonds. The van der Waals surface area contributed by atoms with Crippen LogP contribution < -0.4 is 11.1 Å². The molecule has 2 rings (SSSR count). The van der Waals surface area contributed by atoms with Gasteiger partial charge in [0.25, 0.3) is 0 Å². The van der Waals surface area contributed by atoms with E-state index in [0.29, 0.717) is 22.7 Å². The van der Waals surface area contributed by atoms with Crippen LogP contribution in [0.2, 0.25) is 0 Å². The number of carbonyl (C=O) groups excluding carboxylic acids is 2. The van der Waals surface area contributed by atoms with Gasteiger partial charge in [-0.1, -0.05) is 11.2 Å². The molecule has 0 saturated heterocycles. The predicted octanol–water partition coefficient (Wildman–Crippen LogP) is 1.83. The summed E-state index contributed by atoms with van der Waals surface area (Å²) in [6, 6.07) is 7.24. The molecule has 3 N–H and O–H groups in total. The van der Waals surface area contributed by atoms with E-state index in [0.717, 1.165) is 0 Å². The quantitative estimate of drug-likeness (QED) is 0.827. The Hall–Kier alpha value is -2.83. The molecule has 1 aromatic carbocycles. The second-order valence-corrected chi connectivity index (χ2v) is 4.08. The Morgan fingerprint density at radius 1 is 1.40 bits per heavy atom. The minimum absolute atomic E-state index is 0.00680. The highest BCUT2D eigenvalue weighted by atomic mass is 16.5. The van der Waals surface area contributed by atoms with Crippen molar-refractivity contribution in [3.05, 3.63) is 47.3 Å². The van der Waals surface area contributed by atoms with Gasteiger partial charge in [0.2, 0.25) is 0 Å². The summed E-state index contributed by atoms with van der Waals surface area (Å²) in [4.78, 5) is 22.6. The summed E-state index contributed by atoms with van der Waals surface area (Å²) in [5.74, 6) is -0.0746. The van der Waals surface area contributed by atoms with E-state index in [1.54, 1.807) is 31.2 Å². The van der Waals surface area contributed by atoms with Gasteiger partial charge in [-0.2, -0.15) is 0 Å². The molecule has 20 heavy (non-hydrogen) atoms. The van der Waals surface area contributed by atoms with E-state index in [4.69, 9.17) is 15.0 Å². The third kappa shape index (κ3) is 3.58. The number of carbonyl (C=O) groups is 2. The number of ether oxygens (including phenoxy) is 1. The molecule has 1 heterocycles. The Balaban J connectivity index is 1.99. The number of primary amides is 1. The number of nitrogens with two attached hydrogens (primary N) is 1. The van der Waals surface area contributed by atoms with Gasteiger partial charge in [0.05, 0.1) is 11.3 Å². The fourth-order valence-corrected chi connectivity index (χ4v) is 1.57. The van der Waals surface area contributed by atoms with Crippen LogP contribution in [0.3, 0.4) is 0 Å². The molecule has 0 fully saturated rings. The van der Waals surface area contributed by atoms with Gasteiger partial charge in [-0.05, 0) is 25.1 Å². The normalized spacial score (nSPS) is 10.1. The lowest BCUT2D eigenvalue weighted by molar-refractivity contribution is 0.0437. The molecule has 0 bridgehead atoms. The van der Waals surface area contributed by atoms with E-state index in [1.165, 1.54) is 6.07 Å². The molecular weight excluding hydrogens is 262 g/mol. The molecule has 0 aliphatic carbocycles. The Morgan fingerprint density at radius 2 is 2.20 bits per heavy atom. The third-order valence-electron chi connectivity index (χ3n) is 2.39. The summed E-state index contributed by atoms with van der Waals surface area (Å²) >= 11 is 0. The van der Waals surface area contributed by atoms with Crippen molar-refractivity contribution in [1.29, 1.82) is 0 Å². The van der Waals surface area contributed by atoms with Gasteiger partial charge in [-0.15, -0.1) is 0 Å². The van der Waals surface area contributed by atoms with Crippen molar-refractivity contribution in [2.45, 2.75) is 13.5 Å². The van der Waals surface area contributed by atoms with Gasteiger partial charge in [0, 0.05) is 11.8 Å². The first-order chi connectivity index (χ1) is 9.54. The van der Waals surface area contributed by atoms with Crippen LogP contribution in [0.15, 0.2) is 34.9 Å². The van der Waals surface area contributed by atoms with E-state index < -0.39 is 12.0 Å². The maximum Gasteiger partial charge on any atom is 0.338 e. The first-order valence-corrected chi connectivity index (χ1v) is 5.80. The van der Waals surface area contributed by atoms with Crippen molar-refractivity contribution in [2.75, 3.05) is 5.32 Å². The molecule has 0 spiro atoms. The number of hydrogen-bond acceptors (Lipinski definition) is 5. The number of anilines is 1. The van der Waals surface area contributed by atoms with Crippen LogP contribution in [0, 0.1) is 6.92 Å². The first-order valence-electron chi connectivity index (χ1n) is 5.80. The van der Waals surface area contributed by atoms with E-state index in [9.17, 15) is 9.59 Å². The van der Waals surface area contributed by atoms with Crippen molar-refractivity contribution in [3.63, 3.8) is 0 Å². The average Bonchev–Trinajstić information content (AvgIpc) is 2.81. The van der Waals surface area contributed by atoms with E-state index in [1.807, 2.05) is 0 Å².